The molecule has 3 aromatic rings. The summed E-state index contributed by atoms with van der Waals surface area (Å²) in [5.74, 6) is 0.604. The molecule has 0 aliphatic heterocycles. The van der Waals surface area contributed by atoms with Gasteiger partial charge in [-0.1, -0.05) is 43.3 Å². The third-order valence-corrected chi connectivity index (χ3v) is 5.65. The van der Waals surface area contributed by atoms with Gasteiger partial charge in [-0.3, -0.25) is 9.59 Å². The van der Waals surface area contributed by atoms with Crippen molar-refractivity contribution < 1.29 is 19.1 Å². The van der Waals surface area contributed by atoms with Gasteiger partial charge in [0.2, 0.25) is 11.8 Å². The van der Waals surface area contributed by atoms with Gasteiger partial charge in [0.25, 0.3) is 0 Å². The molecule has 3 rings (SSSR count). The molecule has 0 saturated carbocycles. The minimum Gasteiger partial charge on any atom is -0.494 e. The van der Waals surface area contributed by atoms with Gasteiger partial charge in [0.1, 0.15) is 23.9 Å². The highest BCUT2D eigenvalue weighted by molar-refractivity contribution is 5.89. The van der Waals surface area contributed by atoms with Crippen LogP contribution in [0.4, 0.5) is 0 Å². The van der Waals surface area contributed by atoms with Crippen LogP contribution in [0.2, 0.25) is 0 Å². The van der Waals surface area contributed by atoms with Crippen LogP contribution in [0.5, 0.6) is 5.75 Å². The fraction of sp³-hybridized carbons (Fsp3) is 0.462. The van der Waals surface area contributed by atoms with Crippen molar-refractivity contribution >= 4 is 22.8 Å². The number of hydrogen-bond acceptors (Lipinski definition) is 6. The first kappa shape index (κ1) is 26.2. The molecule has 9 heteroatoms. The summed E-state index contributed by atoms with van der Waals surface area (Å²) in [6.45, 7) is 7.80. The van der Waals surface area contributed by atoms with Gasteiger partial charge in [-0.15, -0.1) is 5.10 Å². The second-order valence-corrected chi connectivity index (χ2v) is 8.69. The summed E-state index contributed by atoms with van der Waals surface area (Å²) in [5, 5.41) is 11.2. The lowest BCUT2D eigenvalue weighted by Crippen LogP contribution is -2.46. The number of nitrogens with one attached hydrogen (secondary N) is 1. The summed E-state index contributed by atoms with van der Waals surface area (Å²) < 4.78 is 12.2. The molecule has 1 N–H and O–H groups in total. The van der Waals surface area contributed by atoms with Crippen molar-refractivity contribution in [1.82, 2.24) is 25.2 Å². The largest absolute Gasteiger partial charge is 0.494 e. The number of hydrogen-bond donors (Lipinski definition) is 1. The minimum atomic E-state index is -0.802. The summed E-state index contributed by atoms with van der Waals surface area (Å²) in [7, 11) is 1.58. The van der Waals surface area contributed by atoms with Crippen molar-refractivity contribution in [3.63, 3.8) is 0 Å². The van der Waals surface area contributed by atoms with Crippen LogP contribution in [0.3, 0.4) is 0 Å². The lowest BCUT2D eigenvalue weighted by Gasteiger charge is -2.32. The van der Waals surface area contributed by atoms with Crippen LogP contribution in [0.25, 0.3) is 11.0 Å². The van der Waals surface area contributed by atoms with Crippen LogP contribution in [0.15, 0.2) is 48.5 Å². The molecule has 0 unspecified atom stereocenters. The Hall–Kier alpha value is -3.46. The number of para-hydroxylation sites is 1. The molecular weight excluding hydrogens is 446 g/mol. The Bertz CT molecular complexity index is 1100. The van der Waals surface area contributed by atoms with Gasteiger partial charge in [0.15, 0.2) is 0 Å². The van der Waals surface area contributed by atoms with E-state index >= 15 is 0 Å². The lowest BCUT2D eigenvalue weighted by molar-refractivity contribution is -0.141. The predicted molar refractivity (Wildman–Crippen MR) is 134 cm³/mol. The molecule has 2 amide bonds. The number of fused-ring (bicyclic) bond motifs is 1. The number of aromatic nitrogens is 3. The molecule has 1 atom stereocenters. The van der Waals surface area contributed by atoms with Crippen molar-refractivity contribution in [3.8, 4) is 5.75 Å². The molecule has 0 spiro atoms. The number of methoxy groups -OCH3 is 1. The number of amides is 2. The third-order valence-electron chi connectivity index (χ3n) is 5.65. The van der Waals surface area contributed by atoms with Gasteiger partial charge in [0, 0.05) is 20.2 Å². The summed E-state index contributed by atoms with van der Waals surface area (Å²) in [6.07, 6.45) is 0.753. The van der Waals surface area contributed by atoms with Crippen LogP contribution in [-0.2, 0) is 20.9 Å². The Kier molecular flexibility index (Phi) is 9.60. The highest BCUT2D eigenvalue weighted by Crippen LogP contribution is 2.26. The monoisotopic (exact) mass is 481 g/mol. The zero-order chi connectivity index (χ0) is 25.2. The molecule has 0 radical (unpaired) electrons. The molecule has 9 nitrogen and oxygen atoms in total. The summed E-state index contributed by atoms with van der Waals surface area (Å²) in [6, 6.07) is 14.0. The van der Waals surface area contributed by atoms with Crippen molar-refractivity contribution in [1.29, 1.82) is 0 Å². The van der Waals surface area contributed by atoms with Gasteiger partial charge < -0.3 is 19.7 Å². The first-order valence-electron chi connectivity index (χ1n) is 12.0. The standard InChI is InChI=1S/C26H35N5O4/c1-5-35-21-12-10-20(11-13-21)25(26(33)27-15-17-34-4)30(16-14-19(2)3)24(32)18-31-23-9-7-6-8-22(23)28-29-31/h6-13,19,25H,5,14-18H2,1-4H3,(H,27,33)/t25-/m1/s1. The number of benzene rings is 2. The molecule has 1 aromatic heterocycles. The first-order chi connectivity index (χ1) is 16.9. The second kappa shape index (κ2) is 12.9. The van der Waals surface area contributed by atoms with E-state index in [-0.39, 0.29) is 18.4 Å². The van der Waals surface area contributed by atoms with Crippen LogP contribution >= 0.6 is 0 Å². The molecule has 0 bridgehead atoms. The van der Waals surface area contributed by atoms with Gasteiger partial charge in [-0.25, -0.2) is 4.68 Å². The Morgan fingerprint density at radius 1 is 1.11 bits per heavy atom. The maximum atomic E-state index is 13.7. The average molecular weight is 482 g/mol. The summed E-state index contributed by atoms with van der Waals surface area (Å²) >= 11 is 0. The topological polar surface area (TPSA) is 98.6 Å². The molecule has 35 heavy (non-hydrogen) atoms. The van der Waals surface area contributed by atoms with Gasteiger partial charge in [-0.2, -0.15) is 0 Å². The fourth-order valence-electron chi connectivity index (χ4n) is 3.81. The van der Waals surface area contributed by atoms with E-state index in [1.54, 1.807) is 16.7 Å². The molecule has 0 fully saturated rings. The zero-order valence-corrected chi connectivity index (χ0v) is 20.9. The van der Waals surface area contributed by atoms with Crippen molar-refractivity contribution in [2.24, 2.45) is 5.92 Å². The number of carbonyl (C=O) groups is 2. The van der Waals surface area contributed by atoms with Crippen LogP contribution in [0.1, 0.15) is 38.8 Å². The number of rotatable bonds is 13. The molecule has 2 aromatic carbocycles. The first-order valence-corrected chi connectivity index (χ1v) is 12.0. The SMILES string of the molecule is CCOc1ccc([C@H](C(=O)NCCOC)N(CCC(C)C)C(=O)Cn2nnc3ccccc32)cc1. The maximum absolute atomic E-state index is 13.7. The number of carbonyl (C=O) groups excluding carboxylic acids is 2. The highest BCUT2D eigenvalue weighted by atomic mass is 16.5. The highest BCUT2D eigenvalue weighted by Gasteiger charge is 2.32. The normalized spacial score (nSPS) is 12.0. The Morgan fingerprint density at radius 3 is 2.54 bits per heavy atom. The van der Waals surface area contributed by atoms with Crippen molar-refractivity contribution in [2.45, 2.75) is 39.8 Å². The van der Waals surface area contributed by atoms with E-state index < -0.39 is 6.04 Å². The Balaban J connectivity index is 1.94. The molecule has 0 aliphatic rings. The van der Waals surface area contributed by atoms with E-state index in [1.807, 2.05) is 55.5 Å². The summed E-state index contributed by atoms with van der Waals surface area (Å²) in [4.78, 5) is 28.7. The third kappa shape index (κ3) is 7.02. The Labute approximate surface area is 206 Å². The van der Waals surface area contributed by atoms with E-state index in [4.69, 9.17) is 9.47 Å². The maximum Gasteiger partial charge on any atom is 0.247 e. The lowest BCUT2D eigenvalue weighted by atomic mass is 10.0. The fourth-order valence-corrected chi connectivity index (χ4v) is 3.81. The minimum absolute atomic E-state index is 0.0164. The average Bonchev–Trinajstić information content (AvgIpc) is 3.25. The number of ether oxygens (including phenoxy) is 2. The van der Waals surface area contributed by atoms with Crippen LogP contribution in [0, 0.1) is 5.92 Å². The van der Waals surface area contributed by atoms with Crippen molar-refractivity contribution in [2.75, 3.05) is 33.4 Å². The second-order valence-electron chi connectivity index (χ2n) is 8.69. The predicted octanol–water partition coefficient (Wildman–Crippen LogP) is 3.21. The van der Waals surface area contributed by atoms with Crippen LogP contribution < -0.4 is 10.1 Å². The van der Waals surface area contributed by atoms with E-state index in [0.29, 0.717) is 43.5 Å². The molecule has 0 aliphatic carbocycles. The quantitative estimate of drug-likeness (QED) is 0.377. The van der Waals surface area contributed by atoms with Gasteiger partial charge >= 0.3 is 0 Å². The van der Waals surface area contributed by atoms with Crippen LogP contribution in [-0.4, -0.2) is 65.1 Å². The van der Waals surface area contributed by atoms with Gasteiger partial charge in [0.05, 0.1) is 18.7 Å². The smallest absolute Gasteiger partial charge is 0.247 e. The Morgan fingerprint density at radius 2 is 1.86 bits per heavy atom. The van der Waals surface area contributed by atoms with Crippen molar-refractivity contribution in [3.05, 3.63) is 54.1 Å². The van der Waals surface area contributed by atoms with E-state index in [0.717, 1.165) is 17.5 Å². The molecule has 188 valence electrons. The molecule has 1 heterocycles. The number of nitrogens with zero attached hydrogens (tertiary/aromatic N) is 4. The van der Waals surface area contributed by atoms with E-state index in [1.165, 1.54) is 0 Å². The molecule has 0 saturated heterocycles. The van der Waals surface area contributed by atoms with E-state index in [9.17, 15) is 9.59 Å². The zero-order valence-electron chi connectivity index (χ0n) is 20.9. The summed E-state index contributed by atoms with van der Waals surface area (Å²) in [5.41, 5.74) is 2.20. The van der Waals surface area contributed by atoms with E-state index in [2.05, 4.69) is 29.5 Å². The van der Waals surface area contributed by atoms with Gasteiger partial charge in [-0.05, 0) is 49.1 Å². The molecular formula is C26H35N5O4.